The molecule has 2 aromatic carbocycles. The second kappa shape index (κ2) is 8.86. The van der Waals surface area contributed by atoms with E-state index in [1.807, 2.05) is 0 Å². The Bertz CT molecular complexity index is 882. The van der Waals surface area contributed by atoms with E-state index in [1.54, 1.807) is 0 Å². The highest BCUT2D eigenvalue weighted by Gasteiger charge is 2.44. The Labute approximate surface area is 169 Å². The van der Waals surface area contributed by atoms with E-state index in [0.29, 0.717) is 37.8 Å². The highest BCUT2D eigenvalue weighted by molar-refractivity contribution is 5.26. The van der Waals surface area contributed by atoms with Gasteiger partial charge in [-0.05, 0) is 62.5 Å². The van der Waals surface area contributed by atoms with Gasteiger partial charge in [-0.25, -0.2) is 22.0 Å². The van der Waals surface area contributed by atoms with Crippen molar-refractivity contribution in [2.24, 2.45) is 11.8 Å². The summed E-state index contributed by atoms with van der Waals surface area (Å²) in [7, 11) is 0. The molecular weight excluding hydrogens is 413 g/mol. The predicted molar refractivity (Wildman–Crippen MR) is 96.8 cm³/mol. The first-order chi connectivity index (χ1) is 14.1. The average molecular weight is 434 g/mol. The Balaban J connectivity index is 1.55. The fourth-order valence-corrected chi connectivity index (χ4v) is 3.86. The first-order valence-electron chi connectivity index (χ1n) is 9.73. The number of ether oxygens (including phenoxy) is 1. The summed E-state index contributed by atoms with van der Waals surface area (Å²) in [6.45, 7) is 1.47. The second-order valence-electron chi connectivity index (χ2n) is 7.79. The Morgan fingerprint density at radius 2 is 1.47 bits per heavy atom. The Morgan fingerprint density at radius 1 is 0.867 bits per heavy atom. The van der Waals surface area contributed by atoms with Gasteiger partial charge in [-0.3, -0.25) is 0 Å². The molecule has 1 aliphatic rings. The molecule has 0 bridgehead atoms. The molecule has 0 radical (unpaired) electrons. The second-order valence-corrected chi connectivity index (χ2v) is 7.79. The van der Waals surface area contributed by atoms with Gasteiger partial charge in [0.2, 0.25) is 0 Å². The van der Waals surface area contributed by atoms with Crippen LogP contribution in [-0.4, -0.2) is 6.11 Å². The van der Waals surface area contributed by atoms with E-state index < -0.39 is 46.9 Å². The summed E-state index contributed by atoms with van der Waals surface area (Å²) >= 11 is 0. The van der Waals surface area contributed by atoms with Gasteiger partial charge in [0, 0.05) is 12.1 Å². The smallest absolute Gasteiger partial charge is 0.400 e. The summed E-state index contributed by atoms with van der Waals surface area (Å²) in [6.07, 6.45) is -1.75. The zero-order valence-corrected chi connectivity index (χ0v) is 16.3. The number of halogens is 7. The summed E-state index contributed by atoms with van der Waals surface area (Å²) in [5.41, 5.74) is 0.481. The molecule has 30 heavy (non-hydrogen) atoms. The van der Waals surface area contributed by atoms with Crippen LogP contribution in [0.2, 0.25) is 0 Å². The van der Waals surface area contributed by atoms with Gasteiger partial charge in [0.1, 0.15) is 5.75 Å². The maximum atomic E-state index is 14.4. The third kappa shape index (κ3) is 4.90. The van der Waals surface area contributed by atoms with Crippen molar-refractivity contribution in [2.45, 2.75) is 51.6 Å². The van der Waals surface area contributed by atoms with Crippen LogP contribution in [0.1, 0.15) is 43.2 Å². The van der Waals surface area contributed by atoms with Crippen molar-refractivity contribution in [1.29, 1.82) is 0 Å². The molecule has 0 aromatic heterocycles. The Morgan fingerprint density at radius 3 is 2.07 bits per heavy atom. The van der Waals surface area contributed by atoms with E-state index in [9.17, 15) is 30.7 Å². The molecule has 1 fully saturated rings. The Kier molecular flexibility index (Phi) is 6.62. The number of hydrogen-bond acceptors (Lipinski definition) is 1. The lowest BCUT2D eigenvalue weighted by molar-refractivity contribution is -0.223. The van der Waals surface area contributed by atoms with E-state index in [4.69, 9.17) is 0 Å². The first-order valence-corrected chi connectivity index (χ1v) is 9.73. The lowest BCUT2D eigenvalue weighted by Crippen LogP contribution is -2.37. The van der Waals surface area contributed by atoms with Crippen molar-refractivity contribution < 1.29 is 35.5 Å². The van der Waals surface area contributed by atoms with Gasteiger partial charge in [0.05, 0.1) is 5.92 Å². The van der Waals surface area contributed by atoms with Crippen LogP contribution in [-0.2, 0) is 6.42 Å². The molecule has 164 valence electrons. The summed E-state index contributed by atoms with van der Waals surface area (Å²) in [6, 6.07) is 3.80. The van der Waals surface area contributed by atoms with Crippen LogP contribution in [0.25, 0.3) is 0 Å². The maximum Gasteiger partial charge on any atom is 0.400 e. The van der Waals surface area contributed by atoms with Gasteiger partial charge in [0.25, 0.3) is 0 Å². The van der Waals surface area contributed by atoms with Crippen LogP contribution in [0.3, 0.4) is 0 Å². The topological polar surface area (TPSA) is 9.23 Å². The number of alkyl halides is 2. The van der Waals surface area contributed by atoms with E-state index in [0.717, 1.165) is 0 Å². The average Bonchev–Trinajstić information content (AvgIpc) is 2.70. The number of aryl methyl sites for hydroxylation is 2. The van der Waals surface area contributed by atoms with Crippen molar-refractivity contribution in [3.05, 3.63) is 64.5 Å². The highest BCUT2D eigenvalue weighted by Crippen LogP contribution is 2.41. The molecule has 2 aromatic rings. The van der Waals surface area contributed by atoms with Gasteiger partial charge in [0.15, 0.2) is 29.1 Å². The van der Waals surface area contributed by atoms with Crippen LogP contribution >= 0.6 is 0 Å². The highest BCUT2D eigenvalue weighted by atomic mass is 19.3. The van der Waals surface area contributed by atoms with Crippen LogP contribution < -0.4 is 4.74 Å². The number of hydrogen-bond donors (Lipinski definition) is 0. The molecule has 0 amide bonds. The minimum atomic E-state index is -3.67. The lowest BCUT2D eigenvalue weighted by atomic mass is 9.79. The van der Waals surface area contributed by atoms with Crippen molar-refractivity contribution in [3.8, 4) is 5.75 Å². The van der Waals surface area contributed by atoms with Gasteiger partial charge < -0.3 is 4.74 Å². The molecule has 0 heterocycles. The van der Waals surface area contributed by atoms with Crippen LogP contribution in [0.15, 0.2) is 24.3 Å². The monoisotopic (exact) mass is 434 g/mol. The van der Waals surface area contributed by atoms with Crippen LogP contribution in [0.5, 0.6) is 5.75 Å². The quantitative estimate of drug-likeness (QED) is 0.348. The fourth-order valence-electron chi connectivity index (χ4n) is 3.86. The molecule has 1 nitrogen and oxygen atoms in total. The third-order valence-corrected chi connectivity index (χ3v) is 5.71. The largest absolute Gasteiger partial charge is 0.432 e. The Hall–Kier alpha value is -2.25. The lowest BCUT2D eigenvalue weighted by Gasteiger charge is -2.33. The molecule has 0 atom stereocenters. The van der Waals surface area contributed by atoms with E-state index in [-0.39, 0.29) is 29.9 Å². The van der Waals surface area contributed by atoms with Crippen molar-refractivity contribution >= 4 is 0 Å². The fraction of sp³-hybridized carbons (Fsp3) is 0.455. The van der Waals surface area contributed by atoms with E-state index >= 15 is 0 Å². The third-order valence-electron chi connectivity index (χ3n) is 5.71. The maximum absolute atomic E-state index is 14.4. The molecule has 3 rings (SSSR count). The van der Waals surface area contributed by atoms with Crippen molar-refractivity contribution in [2.75, 3.05) is 0 Å². The predicted octanol–water partition coefficient (Wildman–Crippen LogP) is 7.10. The summed E-state index contributed by atoms with van der Waals surface area (Å²) in [4.78, 5) is 0. The molecule has 0 N–H and O–H groups in total. The van der Waals surface area contributed by atoms with Crippen molar-refractivity contribution in [1.82, 2.24) is 0 Å². The number of benzene rings is 2. The summed E-state index contributed by atoms with van der Waals surface area (Å²) < 4.78 is 100. The van der Waals surface area contributed by atoms with Crippen molar-refractivity contribution in [3.63, 3.8) is 0 Å². The molecule has 0 aliphatic heterocycles. The summed E-state index contributed by atoms with van der Waals surface area (Å²) in [5, 5.41) is 0. The van der Waals surface area contributed by atoms with E-state index in [1.165, 1.54) is 19.1 Å². The minimum absolute atomic E-state index is 0.0709. The number of rotatable bonds is 6. The zero-order chi connectivity index (χ0) is 22.1. The van der Waals surface area contributed by atoms with Crippen LogP contribution in [0, 0.1) is 47.8 Å². The van der Waals surface area contributed by atoms with Gasteiger partial charge in [-0.2, -0.15) is 8.78 Å². The molecule has 1 aliphatic carbocycles. The van der Waals surface area contributed by atoms with Gasteiger partial charge >= 0.3 is 6.11 Å². The summed E-state index contributed by atoms with van der Waals surface area (Å²) in [5.74, 6) is -8.59. The standard InChI is InChI=1S/C22H21F7O/c1-12-2-6-14(20(26)19(12)25)7-3-13-4-8-15(9-5-13)22(28,29)30-16-10-17(23)21(27)18(24)11-16/h2,6,10-11,13,15H,3-5,7-9H2,1H3. The SMILES string of the molecule is Cc1ccc(CCC2CCC(C(F)(F)Oc3cc(F)c(F)c(F)c3)CC2)c(F)c1F. The van der Waals surface area contributed by atoms with Gasteiger partial charge in [-0.1, -0.05) is 12.1 Å². The molecule has 0 saturated heterocycles. The molecular formula is C22H21F7O. The molecule has 0 spiro atoms. The van der Waals surface area contributed by atoms with Crippen LogP contribution in [0.4, 0.5) is 30.7 Å². The minimum Gasteiger partial charge on any atom is -0.432 e. The first kappa shape index (κ1) is 22.4. The van der Waals surface area contributed by atoms with Gasteiger partial charge in [-0.15, -0.1) is 0 Å². The molecule has 0 unspecified atom stereocenters. The zero-order valence-electron chi connectivity index (χ0n) is 16.3. The molecule has 1 saturated carbocycles. The van der Waals surface area contributed by atoms with E-state index in [2.05, 4.69) is 4.74 Å². The molecule has 8 heteroatoms. The normalized spacial score (nSPS) is 19.7.